The minimum Gasteiger partial charge on any atom is -0.497 e. The Balaban J connectivity index is 2.62. The molecule has 0 spiro atoms. The molecule has 0 aliphatic rings. The number of hydrogen-bond acceptors (Lipinski definition) is 4. The molecule has 6 heteroatoms. The van der Waals surface area contributed by atoms with E-state index in [1.54, 1.807) is 25.3 Å². The highest BCUT2D eigenvalue weighted by atomic mass is 32.1. The summed E-state index contributed by atoms with van der Waals surface area (Å²) >= 11 is 4.89. The van der Waals surface area contributed by atoms with Crippen LogP contribution in [-0.4, -0.2) is 25.3 Å². The summed E-state index contributed by atoms with van der Waals surface area (Å²) in [5.74, 6) is 0.292. The number of nitrogens with two attached hydrogens (primary N) is 1. The highest BCUT2D eigenvalue weighted by Crippen LogP contribution is 2.33. The van der Waals surface area contributed by atoms with Crippen molar-refractivity contribution in [3.8, 4) is 16.9 Å². The first-order chi connectivity index (χ1) is 10.6. The maximum absolute atomic E-state index is 12.0. The Morgan fingerprint density at radius 2 is 1.82 bits per heavy atom. The maximum Gasteiger partial charge on any atom is 0.338 e. The van der Waals surface area contributed by atoms with E-state index < -0.39 is 5.97 Å². The third-order valence-corrected chi connectivity index (χ3v) is 3.21. The fraction of sp³-hybridized carbons (Fsp3) is 0.125. The number of anilines is 1. The van der Waals surface area contributed by atoms with Gasteiger partial charge in [-0.1, -0.05) is 18.2 Å². The van der Waals surface area contributed by atoms with Crippen molar-refractivity contribution in [1.29, 1.82) is 0 Å². The average molecular weight is 316 g/mol. The number of esters is 1. The van der Waals surface area contributed by atoms with Crippen LogP contribution in [-0.2, 0) is 4.74 Å². The van der Waals surface area contributed by atoms with Gasteiger partial charge in [-0.25, -0.2) is 4.79 Å². The van der Waals surface area contributed by atoms with Crippen molar-refractivity contribution in [2.45, 2.75) is 0 Å². The van der Waals surface area contributed by atoms with Crippen LogP contribution in [0.15, 0.2) is 42.5 Å². The number of nitrogens with one attached hydrogen (secondary N) is 1. The van der Waals surface area contributed by atoms with Crippen LogP contribution in [0.4, 0.5) is 5.69 Å². The number of benzene rings is 2. The molecule has 22 heavy (non-hydrogen) atoms. The molecule has 0 atom stereocenters. The molecule has 0 bridgehead atoms. The van der Waals surface area contributed by atoms with Gasteiger partial charge in [0.15, 0.2) is 5.11 Å². The molecule has 3 N–H and O–H groups in total. The number of thiocarbonyl (C=S) groups is 1. The second-order valence-corrected chi connectivity index (χ2v) is 4.88. The summed E-state index contributed by atoms with van der Waals surface area (Å²) in [6.45, 7) is 0. The molecule has 0 heterocycles. The maximum atomic E-state index is 12.0. The van der Waals surface area contributed by atoms with Gasteiger partial charge >= 0.3 is 5.97 Å². The van der Waals surface area contributed by atoms with Gasteiger partial charge in [-0.15, -0.1) is 0 Å². The smallest absolute Gasteiger partial charge is 0.338 e. The van der Waals surface area contributed by atoms with E-state index in [1.165, 1.54) is 7.11 Å². The van der Waals surface area contributed by atoms with E-state index in [4.69, 9.17) is 27.4 Å². The fourth-order valence-electron chi connectivity index (χ4n) is 2.14. The van der Waals surface area contributed by atoms with Crippen LogP contribution in [0.1, 0.15) is 10.4 Å². The molecule has 0 unspecified atom stereocenters. The molecule has 0 fully saturated rings. The first-order valence-electron chi connectivity index (χ1n) is 6.49. The Labute approximate surface area is 134 Å². The van der Waals surface area contributed by atoms with Crippen LogP contribution >= 0.6 is 12.2 Å². The molecule has 0 radical (unpaired) electrons. The largest absolute Gasteiger partial charge is 0.497 e. The summed E-state index contributed by atoms with van der Waals surface area (Å²) < 4.78 is 10.00. The average Bonchev–Trinajstić information content (AvgIpc) is 2.53. The topological polar surface area (TPSA) is 73.6 Å². The van der Waals surface area contributed by atoms with Gasteiger partial charge in [0.1, 0.15) is 5.75 Å². The molecule has 2 aromatic carbocycles. The van der Waals surface area contributed by atoms with Crippen LogP contribution in [0.25, 0.3) is 11.1 Å². The highest BCUT2D eigenvalue weighted by molar-refractivity contribution is 7.80. The van der Waals surface area contributed by atoms with Crippen LogP contribution in [0.2, 0.25) is 0 Å². The third kappa shape index (κ3) is 3.35. The van der Waals surface area contributed by atoms with E-state index in [0.29, 0.717) is 16.8 Å². The molecular formula is C16H16N2O3S. The van der Waals surface area contributed by atoms with Crippen LogP contribution in [0.3, 0.4) is 0 Å². The fourth-order valence-corrected chi connectivity index (χ4v) is 2.25. The minimum atomic E-state index is -0.433. The van der Waals surface area contributed by atoms with Gasteiger partial charge in [0, 0.05) is 11.3 Å². The molecule has 114 valence electrons. The lowest BCUT2D eigenvalue weighted by Crippen LogP contribution is -2.20. The quantitative estimate of drug-likeness (QED) is 0.667. The van der Waals surface area contributed by atoms with Gasteiger partial charge in [0.05, 0.1) is 19.8 Å². The van der Waals surface area contributed by atoms with E-state index >= 15 is 0 Å². The van der Waals surface area contributed by atoms with E-state index in [-0.39, 0.29) is 5.11 Å². The summed E-state index contributed by atoms with van der Waals surface area (Å²) in [5, 5.41) is 3.01. The zero-order valence-electron chi connectivity index (χ0n) is 12.3. The molecular weight excluding hydrogens is 300 g/mol. The normalized spacial score (nSPS) is 9.91. The Hall–Kier alpha value is -2.60. The Morgan fingerprint density at radius 3 is 2.36 bits per heavy atom. The molecule has 0 saturated heterocycles. The predicted octanol–water partition coefficient (Wildman–Crippen LogP) is 2.80. The van der Waals surface area contributed by atoms with Crippen LogP contribution < -0.4 is 15.8 Å². The van der Waals surface area contributed by atoms with Gasteiger partial charge < -0.3 is 20.5 Å². The summed E-state index contributed by atoms with van der Waals surface area (Å²) in [5.41, 5.74) is 8.12. The zero-order valence-corrected chi connectivity index (χ0v) is 13.1. The molecule has 0 amide bonds. The second-order valence-electron chi connectivity index (χ2n) is 4.44. The number of ether oxygens (including phenoxy) is 2. The van der Waals surface area contributed by atoms with Gasteiger partial charge in [-0.3, -0.25) is 0 Å². The lowest BCUT2D eigenvalue weighted by atomic mass is 9.97. The van der Waals surface area contributed by atoms with Crippen molar-refractivity contribution in [3.05, 3.63) is 48.0 Å². The predicted molar refractivity (Wildman–Crippen MR) is 90.2 cm³/mol. The molecule has 2 rings (SSSR count). The van der Waals surface area contributed by atoms with Crippen molar-refractivity contribution < 1.29 is 14.3 Å². The summed E-state index contributed by atoms with van der Waals surface area (Å²) in [6, 6.07) is 12.6. The van der Waals surface area contributed by atoms with Gasteiger partial charge in [0.2, 0.25) is 0 Å². The van der Waals surface area contributed by atoms with Crippen molar-refractivity contribution in [1.82, 2.24) is 0 Å². The number of carbonyl (C=O) groups is 1. The lowest BCUT2D eigenvalue weighted by Gasteiger charge is -2.15. The van der Waals surface area contributed by atoms with Crippen molar-refractivity contribution in [3.63, 3.8) is 0 Å². The monoisotopic (exact) mass is 316 g/mol. The first-order valence-corrected chi connectivity index (χ1v) is 6.90. The third-order valence-electron chi connectivity index (χ3n) is 3.11. The SMILES string of the molecule is COC(=O)c1cccc(NC(N)=S)c1-c1ccc(OC)cc1. The molecule has 0 saturated carbocycles. The van der Waals surface area contributed by atoms with Crippen LogP contribution in [0.5, 0.6) is 5.75 Å². The zero-order chi connectivity index (χ0) is 16.1. The molecule has 0 aromatic heterocycles. The number of methoxy groups -OCH3 is 2. The molecule has 0 aliphatic carbocycles. The lowest BCUT2D eigenvalue weighted by molar-refractivity contribution is 0.0601. The molecule has 2 aromatic rings. The van der Waals surface area contributed by atoms with Crippen molar-refractivity contribution >= 4 is 29.0 Å². The summed E-state index contributed by atoms with van der Waals surface area (Å²) in [4.78, 5) is 12.0. The second kappa shape index (κ2) is 6.91. The van der Waals surface area contributed by atoms with Gasteiger partial charge in [0.25, 0.3) is 0 Å². The Morgan fingerprint density at radius 1 is 1.14 bits per heavy atom. The van der Waals surface area contributed by atoms with Crippen molar-refractivity contribution in [2.75, 3.05) is 19.5 Å². The summed E-state index contributed by atoms with van der Waals surface area (Å²) in [6.07, 6.45) is 0. The Bertz CT molecular complexity index is 699. The standard InChI is InChI=1S/C16H16N2O3S/c1-20-11-8-6-10(7-9-11)14-12(15(19)21-2)4-3-5-13(14)18-16(17)22/h3-9H,1-2H3,(H3,17,18,22). The van der Waals surface area contributed by atoms with E-state index in [1.807, 2.05) is 24.3 Å². The van der Waals surface area contributed by atoms with Gasteiger partial charge in [-0.2, -0.15) is 0 Å². The van der Waals surface area contributed by atoms with E-state index in [2.05, 4.69) is 5.32 Å². The Kier molecular flexibility index (Phi) is 4.95. The number of hydrogen-bond donors (Lipinski definition) is 2. The summed E-state index contributed by atoms with van der Waals surface area (Å²) in [7, 11) is 2.94. The molecule has 5 nitrogen and oxygen atoms in total. The van der Waals surface area contributed by atoms with Gasteiger partial charge in [-0.05, 0) is 42.0 Å². The van der Waals surface area contributed by atoms with Crippen molar-refractivity contribution in [2.24, 2.45) is 5.73 Å². The number of carbonyl (C=O) groups excluding carboxylic acids is 1. The van der Waals surface area contributed by atoms with E-state index in [9.17, 15) is 4.79 Å². The molecule has 0 aliphatic heterocycles. The minimum absolute atomic E-state index is 0.122. The van der Waals surface area contributed by atoms with Crippen LogP contribution in [0, 0.1) is 0 Å². The first kappa shape index (κ1) is 15.8. The van der Waals surface area contributed by atoms with E-state index in [0.717, 1.165) is 11.3 Å². The number of rotatable bonds is 4. The highest BCUT2D eigenvalue weighted by Gasteiger charge is 2.17.